The van der Waals surface area contributed by atoms with Gasteiger partial charge in [-0.05, 0) is 47.3 Å². The third-order valence-corrected chi connectivity index (χ3v) is 3.01. The van der Waals surface area contributed by atoms with E-state index in [4.69, 9.17) is 11.6 Å². The monoisotopic (exact) mass is 276 g/mol. The first-order valence-corrected chi connectivity index (χ1v) is 5.99. The quantitative estimate of drug-likeness (QED) is 0.657. The van der Waals surface area contributed by atoms with Crippen LogP contribution in [0.25, 0.3) is 0 Å². The smallest absolute Gasteiger partial charge is 0.126 e. The molecule has 1 aromatic heterocycles. The largest absolute Gasteiger partial charge is 0.370 e. The number of nitrogens with one attached hydrogen (secondary N) is 1. The van der Waals surface area contributed by atoms with Gasteiger partial charge in [0.2, 0.25) is 0 Å². The normalized spacial score (nSPS) is 10.2. The van der Waals surface area contributed by atoms with Crippen LogP contribution in [0.1, 0.15) is 18.4 Å². The Hall–Kier alpha value is -0.280. The van der Waals surface area contributed by atoms with Crippen LogP contribution in [0.4, 0.5) is 5.82 Å². The lowest BCUT2D eigenvalue weighted by molar-refractivity contribution is 0.836. The second kappa shape index (κ2) is 6.25. The van der Waals surface area contributed by atoms with Gasteiger partial charge in [0.05, 0.1) is 0 Å². The van der Waals surface area contributed by atoms with Crippen molar-refractivity contribution in [3.63, 3.8) is 0 Å². The van der Waals surface area contributed by atoms with Gasteiger partial charge in [0.15, 0.2) is 0 Å². The Balaban J connectivity index is 2.39. The van der Waals surface area contributed by atoms with E-state index in [1.807, 2.05) is 12.3 Å². The number of hydrogen-bond acceptors (Lipinski definition) is 2. The molecule has 0 spiro atoms. The molecule has 0 aromatic carbocycles. The van der Waals surface area contributed by atoms with Crippen LogP contribution in [0, 0.1) is 6.92 Å². The van der Waals surface area contributed by atoms with Crippen molar-refractivity contribution in [3.05, 3.63) is 22.3 Å². The second-order valence-corrected chi connectivity index (χ2v) is 4.37. The van der Waals surface area contributed by atoms with Gasteiger partial charge in [0, 0.05) is 23.1 Å². The van der Waals surface area contributed by atoms with E-state index in [9.17, 15) is 0 Å². The van der Waals surface area contributed by atoms with Crippen molar-refractivity contribution < 1.29 is 0 Å². The zero-order chi connectivity index (χ0) is 10.4. The number of halogens is 2. The van der Waals surface area contributed by atoms with Crippen LogP contribution in [0.2, 0.25) is 0 Å². The highest BCUT2D eigenvalue weighted by atomic mass is 79.9. The minimum absolute atomic E-state index is 0.731. The molecule has 1 N–H and O–H groups in total. The standard InChI is InChI=1S/C10H14BrClN2/c1-8-6-10(14-7-9(8)11)13-5-3-2-4-12/h6-7H,2-5H2,1H3,(H,13,14). The molecular formula is C10H14BrClN2. The highest BCUT2D eigenvalue weighted by Gasteiger charge is 1.97. The first-order chi connectivity index (χ1) is 6.74. The second-order valence-electron chi connectivity index (χ2n) is 3.14. The third-order valence-electron chi connectivity index (χ3n) is 1.91. The summed E-state index contributed by atoms with van der Waals surface area (Å²) >= 11 is 8.99. The predicted molar refractivity (Wildman–Crippen MR) is 65.1 cm³/mol. The Morgan fingerprint density at radius 1 is 1.50 bits per heavy atom. The minimum atomic E-state index is 0.731. The van der Waals surface area contributed by atoms with Crippen LogP contribution in [0.15, 0.2) is 16.7 Å². The van der Waals surface area contributed by atoms with E-state index in [-0.39, 0.29) is 0 Å². The van der Waals surface area contributed by atoms with Crippen LogP contribution in [0.3, 0.4) is 0 Å². The summed E-state index contributed by atoms with van der Waals surface area (Å²) in [4.78, 5) is 4.25. The molecule has 1 rings (SSSR count). The van der Waals surface area contributed by atoms with Gasteiger partial charge in [-0.3, -0.25) is 0 Å². The fraction of sp³-hybridized carbons (Fsp3) is 0.500. The van der Waals surface area contributed by atoms with E-state index in [1.54, 1.807) is 0 Å². The summed E-state index contributed by atoms with van der Waals surface area (Å²) in [5.41, 5.74) is 1.19. The van der Waals surface area contributed by atoms with Crippen molar-refractivity contribution in [3.8, 4) is 0 Å². The van der Waals surface area contributed by atoms with E-state index >= 15 is 0 Å². The Kier molecular flexibility index (Phi) is 5.26. The Bertz CT molecular complexity index is 291. The molecule has 0 atom stereocenters. The van der Waals surface area contributed by atoms with Crippen molar-refractivity contribution in [1.82, 2.24) is 4.98 Å². The van der Waals surface area contributed by atoms with Gasteiger partial charge in [0.1, 0.15) is 5.82 Å². The molecule has 0 aliphatic rings. The number of anilines is 1. The molecule has 0 aliphatic carbocycles. The zero-order valence-electron chi connectivity index (χ0n) is 8.19. The van der Waals surface area contributed by atoms with Crippen LogP contribution in [-0.2, 0) is 0 Å². The van der Waals surface area contributed by atoms with Gasteiger partial charge < -0.3 is 5.32 Å². The van der Waals surface area contributed by atoms with Crippen LogP contribution >= 0.6 is 27.5 Å². The van der Waals surface area contributed by atoms with E-state index in [2.05, 4.69) is 33.2 Å². The number of nitrogens with zero attached hydrogens (tertiary/aromatic N) is 1. The average Bonchev–Trinajstić information content (AvgIpc) is 2.18. The molecule has 0 saturated carbocycles. The molecule has 1 aromatic rings. The maximum absolute atomic E-state index is 5.58. The van der Waals surface area contributed by atoms with Gasteiger partial charge >= 0.3 is 0 Å². The molecule has 0 unspecified atom stereocenters. The predicted octanol–water partition coefficient (Wildman–Crippen LogP) is 3.58. The number of aromatic nitrogens is 1. The number of aryl methyl sites for hydroxylation is 1. The summed E-state index contributed by atoms with van der Waals surface area (Å²) in [6.07, 6.45) is 3.95. The third kappa shape index (κ3) is 3.84. The molecule has 78 valence electrons. The van der Waals surface area contributed by atoms with Gasteiger partial charge in [0.25, 0.3) is 0 Å². The van der Waals surface area contributed by atoms with Crippen LogP contribution in [-0.4, -0.2) is 17.4 Å². The fourth-order valence-corrected chi connectivity index (χ4v) is 1.48. The molecule has 0 aliphatic heterocycles. The Morgan fingerprint density at radius 3 is 2.93 bits per heavy atom. The molecule has 0 radical (unpaired) electrons. The van der Waals surface area contributed by atoms with E-state index in [0.717, 1.165) is 35.6 Å². The van der Waals surface area contributed by atoms with Gasteiger partial charge in [-0.25, -0.2) is 4.98 Å². The lowest BCUT2D eigenvalue weighted by Gasteiger charge is -2.06. The lowest BCUT2D eigenvalue weighted by Crippen LogP contribution is -2.03. The van der Waals surface area contributed by atoms with Crippen molar-refractivity contribution in [2.45, 2.75) is 19.8 Å². The number of pyridine rings is 1. The highest BCUT2D eigenvalue weighted by molar-refractivity contribution is 9.10. The number of rotatable bonds is 5. The van der Waals surface area contributed by atoms with Crippen LogP contribution in [0.5, 0.6) is 0 Å². The average molecular weight is 278 g/mol. The molecule has 4 heteroatoms. The minimum Gasteiger partial charge on any atom is -0.370 e. The van der Waals surface area contributed by atoms with Gasteiger partial charge in [-0.15, -0.1) is 11.6 Å². The summed E-state index contributed by atoms with van der Waals surface area (Å²) in [6.45, 7) is 2.98. The van der Waals surface area contributed by atoms with E-state index in [1.165, 1.54) is 5.56 Å². The summed E-state index contributed by atoms with van der Waals surface area (Å²) < 4.78 is 1.05. The molecule has 0 bridgehead atoms. The summed E-state index contributed by atoms with van der Waals surface area (Å²) in [5, 5.41) is 3.26. The van der Waals surface area contributed by atoms with Crippen molar-refractivity contribution >= 4 is 33.3 Å². The summed E-state index contributed by atoms with van der Waals surface area (Å²) in [7, 11) is 0. The van der Waals surface area contributed by atoms with E-state index in [0.29, 0.717) is 0 Å². The van der Waals surface area contributed by atoms with Crippen molar-refractivity contribution in [2.75, 3.05) is 17.7 Å². The topological polar surface area (TPSA) is 24.9 Å². The SMILES string of the molecule is Cc1cc(NCCCCCl)ncc1Br. The molecule has 0 fully saturated rings. The molecule has 0 amide bonds. The Morgan fingerprint density at radius 2 is 2.29 bits per heavy atom. The fourth-order valence-electron chi connectivity index (χ4n) is 1.07. The van der Waals surface area contributed by atoms with E-state index < -0.39 is 0 Å². The van der Waals surface area contributed by atoms with Crippen molar-refractivity contribution in [1.29, 1.82) is 0 Å². The molecule has 1 heterocycles. The molecule has 0 saturated heterocycles. The summed E-state index contributed by atoms with van der Waals surface area (Å²) in [6, 6.07) is 2.03. The number of alkyl halides is 1. The van der Waals surface area contributed by atoms with Crippen molar-refractivity contribution in [2.24, 2.45) is 0 Å². The number of hydrogen-bond donors (Lipinski definition) is 1. The lowest BCUT2D eigenvalue weighted by atomic mass is 10.3. The first-order valence-electron chi connectivity index (χ1n) is 4.66. The van der Waals surface area contributed by atoms with Gasteiger partial charge in [-0.1, -0.05) is 0 Å². The zero-order valence-corrected chi connectivity index (χ0v) is 10.5. The van der Waals surface area contributed by atoms with Crippen LogP contribution < -0.4 is 5.32 Å². The highest BCUT2D eigenvalue weighted by Crippen LogP contribution is 2.17. The molecular weight excluding hydrogens is 263 g/mol. The summed E-state index contributed by atoms with van der Waals surface area (Å²) in [5.74, 6) is 1.66. The Labute approximate surface area is 98.2 Å². The molecule has 2 nitrogen and oxygen atoms in total. The maximum Gasteiger partial charge on any atom is 0.126 e. The van der Waals surface area contributed by atoms with Gasteiger partial charge in [-0.2, -0.15) is 0 Å². The number of unbranched alkanes of at least 4 members (excludes halogenated alkanes) is 1. The molecule has 14 heavy (non-hydrogen) atoms. The first kappa shape index (κ1) is 11.8. The maximum atomic E-state index is 5.58.